The van der Waals surface area contributed by atoms with Crippen molar-refractivity contribution < 1.29 is 18.3 Å². The zero-order valence-electron chi connectivity index (χ0n) is 12.3. The van der Waals surface area contributed by atoms with Crippen LogP contribution in [0.3, 0.4) is 0 Å². The number of rotatable bonds is 5. The summed E-state index contributed by atoms with van der Waals surface area (Å²) in [5, 5.41) is 24.7. The molecule has 1 atom stereocenters. The molecule has 0 spiro atoms. The van der Waals surface area contributed by atoms with Crippen LogP contribution >= 0.6 is 0 Å². The Balaban J connectivity index is 2.22. The fourth-order valence-electron chi connectivity index (χ4n) is 2.49. The van der Waals surface area contributed by atoms with Gasteiger partial charge in [0.25, 0.3) is 11.4 Å². The zero-order chi connectivity index (χ0) is 17.2. The molecule has 11 heteroatoms. The van der Waals surface area contributed by atoms with E-state index in [2.05, 4.69) is 5.32 Å². The third-order valence-corrected chi connectivity index (χ3v) is 4.87. The van der Waals surface area contributed by atoms with E-state index in [1.165, 1.54) is 16.4 Å². The first kappa shape index (κ1) is 17.1. The minimum absolute atomic E-state index is 0.140. The van der Waals surface area contributed by atoms with Gasteiger partial charge >= 0.3 is 0 Å². The Bertz CT molecular complexity index is 735. The fraction of sp³-hybridized carbons (Fsp3) is 0.500. The van der Waals surface area contributed by atoms with Gasteiger partial charge in [0.1, 0.15) is 5.69 Å². The first-order chi connectivity index (χ1) is 10.7. The van der Waals surface area contributed by atoms with Crippen molar-refractivity contribution in [1.29, 1.82) is 0 Å². The summed E-state index contributed by atoms with van der Waals surface area (Å²) in [6, 6.07) is 3.04. The van der Waals surface area contributed by atoms with Crippen LogP contribution in [0.1, 0.15) is 12.8 Å². The van der Waals surface area contributed by atoms with E-state index in [-0.39, 0.29) is 24.0 Å². The third-order valence-electron chi connectivity index (χ3n) is 3.60. The average molecular weight is 344 g/mol. The molecule has 1 heterocycles. The number of nitro groups is 2. The minimum atomic E-state index is -3.33. The van der Waals surface area contributed by atoms with Gasteiger partial charge in [-0.25, -0.2) is 12.7 Å². The van der Waals surface area contributed by atoms with Crippen molar-refractivity contribution in [3.05, 3.63) is 38.4 Å². The number of nitro benzene ring substituents is 2. The van der Waals surface area contributed by atoms with E-state index in [9.17, 15) is 28.6 Å². The Morgan fingerprint density at radius 2 is 1.96 bits per heavy atom. The Morgan fingerprint density at radius 1 is 1.26 bits per heavy atom. The van der Waals surface area contributed by atoms with Gasteiger partial charge in [-0.15, -0.1) is 0 Å². The summed E-state index contributed by atoms with van der Waals surface area (Å²) >= 11 is 0. The normalized spacial score (nSPS) is 19.3. The Hall–Kier alpha value is -2.27. The molecule has 1 fully saturated rings. The number of nitrogens with zero attached hydrogens (tertiary/aromatic N) is 3. The van der Waals surface area contributed by atoms with Crippen LogP contribution in [-0.4, -0.2) is 48.0 Å². The highest BCUT2D eigenvalue weighted by molar-refractivity contribution is 7.88. The van der Waals surface area contributed by atoms with Crippen LogP contribution in [0.4, 0.5) is 17.1 Å². The standard InChI is InChI=1S/C12H16N4O6S/c1-23(21,22)14-6-2-3-9(8-14)13-11-5-4-10(15(17)18)7-12(11)16(19)20/h4-5,7,9,13H,2-3,6,8H2,1H3. The van der Waals surface area contributed by atoms with Crippen molar-refractivity contribution in [2.45, 2.75) is 18.9 Å². The summed E-state index contributed by atoms with van der Waals surface area (Å²) in [6.07, 6.45) is 2.40. The number of hydrogen-bond donors (Lipinski definition) is 1. The molecule has 0 aromatic heterocycles. The van der Waals surface area contributed by atoms with Gasteiger partial charge in [0.15, 0.2) is 0 Å². The molecule has 1 aromatic carbocycles. The monoisotopic (exact) mass is 344 g/mol. The molecule has 2 rings (SSSR count). The van der Waals surface area contributed by atoms with Gasteiger partial charge in [0, 0.05) is 25.2 Å². The van der Waals surface area contributed by atoms with Crippen molar-refractivity contribution in [3.8, 4) is 0 Å². The highest BCUT2D eigenvalue weighted by Gasteiger charge is 2.28. The minimum Gasteiger partial charge on any atom is -0.375 e. The van der Waals surface area contributed by atoms with Gasteiger partial charge in [-0.3, -0.25) is 20.2 Å². The summed E-state index contributed by atoms with van der Waals surface area (Å²) in [6.45, 7) is 0.617. The second-order valence-corrected chi connectivity index (χ2v) is 7.30. The number of benzene rings is 1. The Labute approximate surface area is 132 Å². The van der Waals surface area contributed by atoms with E-state index in [1.54, 1.807) is 0 Å². The first-order valence-corrected chi connectivity index (χ1v) is 8.68. The van der Waals surface area contributed by atoms with Crippen molar-refractivity contribution in [3.63, 3.8) is 0 Å². The molecule has 10 nitrogen and oxygen atoms in total. The SMILES string of the molecule is CS(=O)(=O)N1CCCC(Nc2ccc([N+](=O)[O-])cc2[N+](=O)[O-])C1. The van der Waals surface area contributed by atoms with E-state index < -0.39 is 25.6 Å². The maximum absolute atomic E-state index is 11.6. The third kappa shape index (κ3) is 4.13. The van der Waals surface area contributed by atoms with Gasteiger partial charge < -0.3 is 5.32 Å². The van der Waals surface area contributed by atoms with Crippen LogP contribution in [0, 0.1) is 20.2 Å². The van der Waals surface area contributed by atoms with Crippen LogP contribution in [0.2, 0.25) is 0 Å². The lowest BCUT2D eigenvalue weighted by Crippen LogP contribution is -2.44. The molecule has 0 bridgehead atoms. The number of hydrogen-bond acceptors (Lipinski definition) is 7. The molecule has 0 aliphatic carbocycles. The summed E-state index contributed by atoms with van der Waals surface area (Å²) in [5.74, 6) is 0. The molecule has 1 aliphatic heterocycles. The smallest absolute Gasteiger partial charge is 0.299 e. The van der Waals surface area contributed by atoms with Crippen LogP contribution in [0.25, 0.3) is 0 Å². The van der Waals surface area contributed by atoms with Crippen LogP contribution in [-0.2, 0) is 10.0 Å². The van der Waals surface area contributed by atoms with Crippen LogP contribution < -0.4 is 5.32 Å². The van der Waals surface area contributed by atoms with Crippen molar-refractivity contribution in [1.82, 2.24) is 4.31 Å². The molecular formula is C12H16N4O6S. The maximum atomic E-state index is 11.6. The maximum Gasteiger partial charge on any atom is 0.299 e. The van der Waals surface area contributed by atoms with Crippen LogP contribution in [0.15, 0.2) is 18.2 Å². The zero-order valence-corrected chi connectivity index (χ0v) is 13.2. The van der Waals surface area contributed by atoms with Crippen molar-refractivity contribution in [2.75, 3.05) is 24.7 Å². The fourth-order valence-corrected chi connectivity index (χ4v) is 3.40. The molecule has 1 N–H and O–H groups in total. The Kier molecular flexibility index (Phi) is 4.80. The Morgan fingerprint density at radius 3 is 2.52 bits per heavy atom. The molecule has 23 heavy (non-hydrogen) atoms. The molecule has 1 aliphatic rings. The number of nitrogens with one attached hydrogen (secondary N) is 1. The van der Waals surface area contributed by atoms with E-state index in [0.717, 1.165) is 12.3 Å². The lowest BCUT2D eigenvalue weighted by atomic mass is 10.1. The number of sulfonamides is 1. The van der Waals surface area contributed by atoms with E-state index in [4.69, 9.17) is 0 Å². The topological polar surface area (TPSA) is 136 Å². The van der Waals surface area contributed by atoms with Gasteiger partial charge in [-0.1, -0.05) is 0 Å². The second kappa shape index (κ2) is 6.46. The van der Waals surface area contributed by atoms with Crippen molar-refractivity contribution >= 4 is 27.1 Å². The van der Waals surface area contributed by atoms with Gasteiger partial charge in [0.05, 0.1) is 22.2 Å². The van der Waals surface area contributed by atoms with E-state index in [1.807, 2.05) is 0 Å². The highest BCUT2D eigenvalue weighted by atomic mass is 32.2. The molecule has 0 amide bonds. The quantitative estimate of drug-likeness (QED) is 0.628. The van der Waals surface area contributed by atoms with Crippen molar-refractivity contribution in [2.24, 2.45) is 0 Å². The van der Waals surface area contributed by atoms with Gasteiger partial charge in [-0.05, 0) is 18.9 Å². The molecule has 1 aromatic rings. The summed E-state index contributed by atoms with van der Waals surface area (Å²) in [5.41, 5.74) is -0.639. The number of non-ortho nitro benzene ring substituents is 1. The summed E-state index contributed by atoms with van der Waals surface area (Å²) in [7, 11) is -3.33. The first-order valence-electron chi connectivity index (χ1n) is 6.83. The largest absolute Gasteiger partial charge is 0.375 e. The number of piperidine rings is 1. The number of anilines is 1. The lowest BCUT2D eigenvalue weighted by molar-refractivity contribution is -0.393. The molecule has 1 saturated heterocycles. The average Bonchev–Trinajstić information content (AvgIpc) is 2.46. The molecule has 0 saturated carbocycles. The molecule has 0 radical (unpaired) electrons. The highest BCUT2D eigenvalue weighted by Crippen LogP contribution is 2.30. The molecular weight excluding hydrogens is 328 g/mol. The molecule has 1 unspecified atom stereocenters. The predicted octanol–water partition coefficient (Wildman–Crippen LogP) is 1.34. The van der Waals surface area contributed by atoms with Gasteiger partial charge in [-0.2, -0.15) is 0 Å². The van der Waals surface area contributed by atoms with E-state index in [0.29, 0.717) is 19.4 Å². The summed E-state index contributed by atoms with van der Waals surface area (Å²) in [4.78, 5) is 20.4. The van der Waals surface area contributed by atoms with E-state index >= 15 is 0 Å². The van der Waals surface area contributed by atoms with Crippen LogP contribution in [0.5, 0.6) is 0 Å². The molecule has 126 valence electrons. The predicted molar refractivity (Wildman–Crippen MR) is 82.8 cm³/mol. The second-order valence-electron chi connectivity index (χ2n) is 5.32. The lowest BCUT2D eigenvalue weighted by Gasteiger charge is -2.31. The summed E-state index contributed by atoms with van der Waals surface area (Å²) < 4.78 is 24.5. The van der Waals surface area contributed by atoms with Gasteiger partial charge in [0.2, 0.25) is 10.0 Å².